The molecule has 0 aromatic heterocycles. The molecule has 1 spiro atoms. The van der Waals surface area contributed by atoms with E-state index in [9.17, 15) is 9.90 Å². The zero-order valence-corrected chi connectivity index (χ0v) is 9.41. The number of ether oxygens (including phenoxy) is 2. The summed E-state index contributed by atoms with van der Waals surface area (Å²) in [7, 11) is 0. The van der Waals surface area contributed by atoms with E-state index < -0.39 is 17.2 Å². The number of hydrogen-bond acceptors (Lipinski definition) is 3. The normalized spacial score (nSPS) is 26.8. The third kappa shape index (κ3) is 1.87. The number of rotatable bonds is 3. The van der Waals surface area contributed by atoms with Crippen LogP contribution in [0.25, 0.3) is 0 Å². The summed E-state index contributed by atoms with van der Waals surface area (Å²) in [5, 5.41) is 9.32. The van der Waals surface area contributed by atoms with Gasteiger partial charge in [0.15, 0.2) is 5.79 Å². The van der Waals surface area contributed by atoms with Gasteiger partial charge in [0, 0.05) is 12.8 Å². The molecule has 1 saturated heterocycles. The number of carboxylic acid groups (broad SMARTS) is 1. The third-order valence-corrected chi connectivity index (χ3v) is 3.77. The van der Waals surface area contributed by atoms with Crippen LogP contribution in [0.2, 0.25) is 0 Å². The van der Waals surface area contributed by atoms with Crippen molar-refractivity contribution in [2.45, 2.75) is 37.9 Å². The van der Waals surface area contributed by atoms with Crippen LogP contribution in [-0.4, -0.2) is 30.1 Å². The van der Waals surface area contributed by atoms with Crippen molar-refractivity contribution in [2.75, 3.05) is 13.2 Å². The number of carboxylic acids is 1. The molecule has 2 rings (SSSR count). The van der Waals surface area contributed by atoms with Crippen molar-refractivity contribution in [3.8, 4) is 0 Å². The Labute approximate surface area is 95.2 Å². The highest BCUT2D eigenvalue weighted by atomic mass is 16.7. The van der Waals surface area contributed by atoms with Crippen LogP contribution in [0.4, 0.5) is 0 Å². The average Bonchev–Trinajstić information content (AvgIpc) is 2.71. The van der Waals surface area contributed by atoms with Crippen LogP contribution >= 0.6 is 0 Å². The summed E-state index contributed by atoms with van der Waals surface area (Å²) in [6.45, 7) is 4.90. The Morgan fingerprint density at radius 3 is 2.25 bits per heavy atom. The van der Waals surface area contributed by atoms with E-state index in [-0.39, 0.29) is 0 Å². The molecule has 1 N–H and O–H groups in total. The molecule has 2 aliphatic rings. The Bertz CT molecular complexity index is 281. The third-order valence-electron chi connectivity index (χ3n) is 3.77. The molecule has 90 valence electrons. The molecule has 0 bridgehead atoms. The van der Waals surface area contributed by atoms with Crippen molar-refractivity contribution in [3.63, 3.8) is 0 Å². The Kier molecular flexibility index (Phi) is 3.04. The van der Waals surface area contributed by atoms with Crippen LogP contribution in [0.15, 0.2) is 12.7 Å². The van der Waals surface area contributed by atoms with Crippen LogP contribution in [0.3, 0.4) is 0 Å². The molecular formula is C12H18O4. The molecule has 0 aromatic carbocycles. The number of carbonyl (C=O) groups is 1. The molecule has 0 amide bonds. The monoisotopic (exact) mass is 226 g/mol. The first-order valence-corrected chi connectivity index (χ1v) is 5.75. The van der Waals surface area contributed by atoms with E-state index in [1.54, 1.807) is 6.08 Å². The van der Waals surface area contributed by atoms with Crippen molar-refractivity contribution in [2.24, 2.45) is 5.41 Å². The molecule has 0 atom stereocenters. The minimum atomic E-state index is -0.722. The van der Waals surface area contributed by atoms with E-state index in [0.717, 1.165) is 0 Å². The Hall–Kier alpha value is -0.870. The summed E-state index contributed by atoms with van der Waals surface area (Å²) in [4.78, 5) is 11.3. The molecule has 2 fully saturated rings. The van der Waals surface area contributed by atoms with Crippen molar-refractivity contribution in [3.05, 3.63) is 12.7 Å². The van der Waals surface area contributed by atoms with Gasteiger partial charge in [-0.1, -0.05) is 6.08 Å². The van der Waals surface area contributed by atoms with Gasteiger partial charge in [-0.2, -0.15) is 0 Å². The fourth-order valence-electron chi connectivity index (χ4n) is 2.68. The van der Waals surface area contributed by atoms with E-state index >= 15 is 0 Å². The average molecular weight is 226 g/mol. The maximum atomic E-state index is 11.3. The van der Waals surface area contributed by atoms with Gasteiger partial charge in [-0.05, 0) is 19.3 Å². The molecule has 4 heteroatoms. The van der Waals surface area contributed by atoms with E-state index in [2.05, 4.69) is 6.58 Å². The van der Waals surface area contributed by atoms with Gasteiger partial charge in [-0.25, -0.2) is 0 Å². The summed E-state index contributed by atoms with van der Waals surface area (Å²) in [6.07, 6.45) is 4.78. The van der Waals surface area contributed by atoms with Crippen LogP contribution in [0.1, 0.15) is 32.1 Å². The maximum Gasteiger partial charge on any atom is 0.309 e. The molecule has 16 heavy (non-hydrogen) atoms. The van der Waals surface area contributed by atoms with E-state index in [1.165, 1.54) is 0 Å². The summed E-state index contributed by atoms with van der Waals surface area (Å²) in [5.41, 5.74) is -0.650. The Morgan fingerprint density at radius 2 is 1.81 bits per heavy atom. The lowest BCUT2D eigenvalue weighted by Crippen LogP contribution is -2.43. The second-order valence-electron chi connectivity index (χ2n) is 4.69. The first-order valence-electron chi connectivity index (χ1n) is 5.75. The summed E-state index contributed by atoms with van der Waals surface area (Å²) in [5.74, 6) is -1.21. The smallest absolute Gasteiger partial charge is 0.309 e. The highest BCUT2D eigenvalue weighted by molar-refractivity contribution is 5.75. The van der Waals surface area contributed by atoms with Crippen molar-refractivity contribution in [1.82, 2.24) is 0 Å². The van der Waals surface area contributed by atoms with Crippen LogP contribution in [0.5, 0.6) is 0 Å². The van der Waals surface area contributed by atoms with Gasteiger partial charge in [0.05, 0.1) is 18.6 Å². The van der Waals surface area contributed by atoms with Gasteiger partial charge in [0.1, 0.15) is 0 Å². The maximum absolute atomic E-state index is 11.3. The summed E-state index contributed by atoms with van der Waals surface area (Å²) in [6, 6.07) is 0. The van der Waals surface area contributed by atoms with Gasteiger partial charge in [-0.3, -0.25) is 4.79 Å². The first-order chi connectivity index (χ1) is 7.63. The van der Waals surface area contributed by atoms with Gasteiger partial charge in [-0.15, -0.1) is 6.58 Å². The van der Waals surface area contributed by atoms with E-state index in [0.29, 0.717) is 45.3 Å². The van der Waals surface area contributed by atoms with Crippen LogP contribution in [0, 0.1) is 5.41 Å². The molecule has 1 saturated carbocycles. The number of allylic oxidation sites excluding steroid dienone is 1. The first kappa shape index (κ1) is 11.6. The fraction of sp³-hybridized carbons (Fsp3) is 0.750. The number of hydrogen-bond donors (Lipinski definition) is 1. The molecule has 1 aliphatic carbocycles. The second kappa shape index (κ2) is 4.18. The predicted molar refractivity (Wildman–Crippen MR) is 58.0 cm³/mol. The molecule has 0 unspecified atom stereocenters. The van der Waals surface area contributed by atoms with E-state index in [1.807, 2.05) is 0 Å². The highest BCUT2D eigenvalue weighted by Gasteiger charge is 2.49. The largest absolute Gasteiger partial charge is 0.481 e. The van der Waals surface area contributed by atoms with Gasteiger partial charge >= 0.3 is 5.97 Å². The molecule has 0 radical (unpaired) electrons. The van der Waals surface area contributed by atoms with Crippen LogP contribution in [-0.2, 0) is 14.3 Å². The fourth-order valence-corrected chi connectivity index (χ4v) is 2.68. The Morgan fingerprint density at radius 1 is 1.25 bits per heavy atom. The van der Waals surface area contributed by atoms with E-state index in [4.69, 9.17) is 9.47 Å². The quantitative estimate of drug-likeness (QED) is 0.747. The molecule has 1 aliphatic heterocycles. The zero-order valence-electron chi connectivity index (χ0n) is 9.41. The summed E-state index contributed by atoms with van der Waals surface area (Å²) < 4.78 is 11.2. The molecule has 1 heterocycles. The topological polar surface area (TPSA) is 55.8 Å². The summed E-state index contributed by atoms with van der Waals surface area (Å²) >= 11 is 0. The lowest BCUT2D eigenvalue weighted by molar-refractivity contribution is -0.197. The van der Waals surface area contributed by atoms with Crippen molar-refractivity contribution in [1.29, 1.82) is 0 Å². The molecular weight excluding hydrogens is 208 g/mol. The van der Waals surface area contributed by atoms with Gasteiger partial charge in [0.2, 0.25) is 0 Å². The van der Waals surface area contributed by atoms with Crippen LogP contribution < -0.4 is 0 Å². The van der Waals surface area contributed by atoms with Crippen molar-refractivity contribution < 1.29 is 19.4 Å². The number of aliphatic carboxylic acids is 1. The Balaban J connectivity index is 2.05. The minimum Gasteiger partial charge on any atom is -0.481 e. The standard InChI is InChI=1S/C12H18O4/c1-2-3-11(10(13)14)4-6-12(7-5-11)15-8-9-16-12/h2H,1,3-9H2,(H,13,14). The van der Waals surface area contributed by atoms with Gasteiger partial charge in [0.25, 0.3) is 0 Å². The lowest BCUT2D eigenvalue weighted by atomic mass is 9.70. The van der Waals surface area contributed by atoms with Crippen molar-refractivity contribution >= 4 is 5.97 Å². The van der Waals surface area contributed by atoms with Gasteiger partial charge < -0.3 is 14.6 Å². The highest BCUT2D eigenvalue weighted by Crippen LogP contribution is 2.46. The SMILES string of the molecule is C=CCC1(C(=O)O)CCC2(CC1)OCCO2. The minimum absolute atomic E-state index is 0.486. The molecule has 0 aromatic rings. The zero-order chi connectivity index (χ0) is 11.6. The molecule has 4 nitrogen and oxygen atoms in total. The second-order valence-corrected chi connectivity index (χ2v) is 4.69. The lowest BCUT2D eigenvalue weighted by Gasteiger charge is -2.40. The predicted octanol–water partition coefficient (Wildman–Crippen LogP) is 1.95.